The van der Waals surface area contributed by atoms with Gasteiger partial charge in [-0.2, -0.15) is 0 Å². The van der Waals surface area contributed by atoms with Gasteiger partial charge in [0.25, 0.3) is 0 Å². The molecule has 0 amide bonds. The van der Waals surface area contributed by atoms with Gasteiger partial charge in [-0.25, -0.2) is 0 Å². The lowest BCUT2D eigenvalue weighted by molar-refractivity contribution is -0.138. The van der Waals surface area contributed by atoms with Gasteiger partial charge in [0.1, 0.15) is 0 Å². The Kier molecular flexibility index (Phi) is 8.41. The molecule has 0 saturated heterocycles. The maximum absolute atomic E-state index is 12.5. The number of rotatable bonds is 7. The predicted molar refractivity (Wildman–Crippen MR) is 124 cm³/mol. The largest absolute Gasteiger partial charge is 0.451 e. The number of hydrogen-bond acceptors (Lipinski definition) is 2. The van der Waals surface area contributed by atoms with Gasteiger partial charge in [0.15, 0.2) is 0 Å². The second kappa shape index (κ2) is 10.5. The van der Waals surface area contributed by atoms with E-state index in [0.29, 0.717) is 6.42 Å². The molecule has 0 aromatic heterocycles. The third kappa shape index (κ3) is 4.54. The number of hydrogen-bond donors (Lipinski definition) is 0. The highest BCUT2D eigenvalue weighted by atomic mass is 79.9. The summed E-state index contributed by atoms with van der Waals surface area (Å²) in [6.45, 7) is 2.04. The number of carbonyl (C=O) groups excluding carboxylic acids is 1. The second-order valence-corrected chi connectivity index (χ2v) is 6.99. The standard InChI is InChI=1S/C24H25O2P.BrH/c1-2-19(23(25)26-27)18-24(20-12-6-3-7-13-20,21-14-8-4-9-15-21)22-16-10-5-11-17-22;/h3-17,19H,2,18,27H2,1H3;1H. The molecule has 0 heterocycles. The average molecular weight is 457 g/mol. The minimum atomic E-state index is -0.427. The number of halogens is 1. The van der Waals surface area contributed by atoms with Crippen molar-refractivity contribution in [1.29, 1.82) is 0 Å². The quantitative estimate of drug-likeness (QED) is 0.305. The lowest BCUT2D eigenvalue weighted by Gasteiger charge is -2.38. The molecule has 146 valence electrons. The molecule has 3 rings (SSSR count). The van der Waals surface area contributed by atoms with Gasteiger partial charge in [0.05, 0.1) is 15.4 Å². The van der Waals surface area contributed by atoms with Crippen molar-refractivity contribution in [3.63, 3.8) is 0 Å². The molecule has 0 fully saturated rings. The summed E-state index contributed by atoms with van der Waals surface area (Å²) in [5.74, 6) is -0.391. The van der Waals surface area contributed by atoms with Crippen LogP contribution in [0.5, 0.6) is 0 Å². The Balaban J connectivity index is 0.00000280. The van der Waals surface area contributed by atoms with E-state index in [1.807, 2.05) is 25.1 Å². The van der Waals surface area contributed by atoms with Crippen LogP contribution in [0.3, 0.4) is 0 Å². The van der Waals surface area contributed by atoms with Gasteiger partial charge in [0.2, 0.25) is 0 Å². The third-order valence-electron chi connectivity index (χ3n) is 5.29. The fourth-order valence-electron chi connectivity index (χ4n) is 3.88. The molecule has 3 aromatic rings. The van der Waals surface area contributed by atoms with Crippen LogP contribution in [0.15, 0.2) is 91.0 Å². The second-order valence-electron chi connectivity index (χ2n) is 6.75. The zero-order valence-electron chi connectivity index (χ0n) is 16.0. The maximum Gasteiger partial charge on any atom is 0.311 e. The first-order chi connectivity index (χ1) is 13.2. The lowest BCUT2D eigenvalue weighted by Crippen LogP contribution is -2.34. The van der Waals surface area contributed by atoms with Gasteiger partial charge >= 0.3 is 5.97 Å². The van der Waals surface area contributed by atoms with Gasteiger partial charge in [-0.3, -0.25) is 4.79 Å². The average Bonchev–Trinajstić information content (AvgIpc) is 2.76. The topological polar surface area (TPSA) is 26.3 Å². The van der Waals surface area contributed by atoms with Crippen molar-refractivity contribution in [2.45, 2.75) is 25.2 Å². The molecule has 4 heteroatoms. The van der Waals surface area contributed by atoms with Gasteiger partial charge < -0.3 is 4.52 Å². The van der Waals surface area contributed by atoms with E-state index < -0.39 is 5.41 Å². The van der Waals surface area contributed by atoms with Crippen LogP contribution in [0.2, 0.25) is 0 Å². The highest BCUT2D eigenvalue weighted by Gasteiger charge is 2.40. The Labute approximate surface area is 180 Å². The van der Waals surface area contributed by atoms with Crippen LogP contribution in [0, 0.1) is 5.92 Å². The van der Waals surface area contributed by atoms with E-state index >= 15 is 0 Å². The molecular weight excluding hydrogens is 431 g/mol. The van der Waals surface area contributed by atoms with Crippen molar-refractivity contribution in [3.05, 3.63) is 108 Å². The summed E-state index contributed by atoms with van der Waals surface area (Å²) in [6, 6.07) is 31.4. The molecule has 0 aliphatic rings. The van der Waals surface area contributed by atoms with Crippen molar-refractivity contribution >= 4 is 32.4 Å². The van der Waals surface area contributed by atoms with Crippen LogP contribution in [-0.4, -0.2) is 5.97 Å². The Hall–Kier alpha value is -1.96. The molecule has 0 N–H and O–H groups in total. The highest BCUT2D eigenvalue weighted by Crippen LogP contribution is 2.45. The fourth-order valence-corrected chi connectivity index (χ4v) is 4.07. The summed E-state index contributed by atoms with van der Waals surface area (Å²) in [7, 11) is 2.10. The molecule has 3 aromatic carbocycles. The van der Waals surface area contributed by atoms with Gasteiger partial charge in [-0.05, 0) is 29.5 Å². The fraction of sp³-hybridized carbons (Fsp3) is 0.208. The van der Waals surface area contributed by atoms with Crippen LogP contribution in [0.4, 0.5) is 0 Å². The van der Waals surface area contributed by atoms with Gasteiger partial charge in [0, 0.05) is 5.41 Å². The molecular formula is C24H26BrO2P. The van der Waals surface area contributed by atoms with E-state index in [1.165, 1.54) is 16.7 Å². The van der Waals surface area contributed by atoms with Crippen LogP contribution in [0.25, 0.3) is 0 Å². The Bertz CT molecular complexity index is 757. The maximum atomic E-state index is 12.5. The van der Waals surface area contributed by atoms with E-state index in [1.54, 1.807) is 0 Å². The first-order valence-electron chi connectivity index (χ1n) is 9.29. The van der Waals surface area contributed by atoms with Crippen LogP contribution >= 0.6 is 26.4 Å². The van der Waals surface area contributed by atoms with E-state index in [2.05, 4.69) is 82.3 Å². The Morgan fingerprint density at radius 3 is 1.46 bits per heavy atom. The number of carbonyl (C=O) groups is 1. The van der Waals surface area contributed by atoms with E-state index in [9.17, 15) is 4.79 Å². The summed E-state index contributed by atoms with van der Waals surface area (Å²) in [5.41, 5.74) is 3.11. The van der Waals surface area contributed by atoms with Crippen molar-refractivity contribution in [2.75, 3.05) is 0 Å². The van der Waals surface area contributed by atoms with Crippen LogP contribution < -0.4 is 0 Å². The molecule has 28 heavy (non-hydrogen) atoms. The molecule has 0 aliphatic carbocycles. The van der Waals surface area contributed by atoms with Gasteiger partial charge in [-0.1, -0.05) is 97.9 Å². The smallest absolute Gasteiger partial charge is 0.311 e. The van der Waals surface area contributed by atoms with Crippen molar-refractivity contribution in [1.82, 2.24) is 0 Å². The summed E-state index contributed by atoms with van der Waals surface area (Å²) in [5, 5.41) is 0. The third-order valence-corrected chi connectivity index (χ3v) is 5.53. The number of benzene rings is 3. The first kappa shape index (κ1) is 22.3. The monoisotopic (exact) mass is 456 g/mol. The molecule has 2 atom stereocenters. The molecule has 2 nitrogen and oxygen atoms in total. The molecule has 0 spiro atoms. The summed E-state index contributed by atoms with van der Waals surface area (Å²) < 4.78 is 5.03. The molecule has 0 radical (unpaired) electrons. The summed E-state index contributed by atoms with van der Waals surface area (Å²) in [6.07, 6.45) is 1.37. The van der Waals surface area contributed by atoms with Crippen molar-refractivity contribution in [2.24, 2.45) is 5.92 Å². The minimum absolute atomic E-state index is 0. The first-order valence-corrected chi connectivity index (χ1v) is 9.76. The van der Waals surface area contributed by atoms with Crippen molar-refractivity contribution in [3.8, 4) is 0 Å². The summed E-state index contributed by atoms with van der Waals surface area (Å²) in [4.78, 5) is 12.5. The molecule has 2 unspecified atom stereocenters. The van der Waals surface area contributed by atoms with E-state index in [4.69, 9.17) is 4.52 Å². The van der Waals surface area contributed by atoms with E-state index in [-0.39, 0.29) is 28.9 Å². The van der Waals surface area contributed by atoms with E-state index in [0.717, 1.165) is 6.42 Å². The Morgan fingerprint density at radius 2 is 1.18 bits per heavy atom. The van der Waals surface area contributed by atoms with Crippen LogP contribution in [-0.2, 0) is 14.7 Å². The summed E-state index contributed by atoms with van der Waals surface area (Å²) >= 11 is 0. The Morgan fingerprint density at radius 1 is 0.821 bits per heavy atom. The normalized spacial score (nSPS) is 11.9. The van der Waals surface area contributed by atoms with Gasteiger partial charge in [-0.15, -0.1) is 17.0 Å². The SMILES string of the molecule is Br.CCC(CC(c1ccccc1)(c1ccccc1)c1ccccc1)C(=O)OP. The predicted octanol–water partition coefficient (Wildman–Crippen LogP) is 6.35. The zero-order chi connectivity index (χ0) is 19.1. The molecule has 0 bridgehead atoms. The zero-order valence-corrected chi connectivity index (χ0v) is 18.8. The molecule has 0 aliphatic heterocycles. The molecule has 0 saturated carbocycles. The van der Waals surface area contributed by atoms with Crippen molar-refractivity contribution < 1.29 is 9.32 Å². The van der Waals surface area contributed by atoms with Crippen LogP contribution in [0.1, 0.15) is 36.5 Å². The highest BCUT2D eigenvalue weighted by molar-refractivity contribution is 8.93. The lowest BCUT2D eigenvalue weighted by atomic mass is 9.64. The minimum Gasteiger partial charge on any atom is -0.451 e.